The number of para-hydroxylation sites is 1. The van der Waals surface area contributed by atoms with Crippen molar-refractivity contribution in [3.8, 4) is 0 Å². The fourth-order valence-electron chi connectivity index (χ4n) is 1.60. The molecule has 0 aliphatic carbocycles. The lowest BCUT2D eigenvalue weighted by Gasteiger charge is -2.13. The second-order valence-electron chi connectivity index (χ2n) is 3.91. The highest BCUT2D eigenvalue weighted by atomic mass is 32.2. The van der Waals surface area contributed by atoms with Crippen LogP contribution in [0.25, 0.3) is 0 Å². The van der Waals surface area contributed by atoms with E-state index in [-0.39, 0.29) is 6.04 Å². The van der Waals surface area contributed by atoms with E-state index in [1.54, 1.807) is 29.6 Å². The van der Waals surface area contributed by atoms with E-state index in [1.807, 2.05) is 19.1 Å². The lowest BCUT2D eigenvalue weighted by atomic mass is 10.1. The number of anilines is 1. The predicted octanol–water partition coefficient (Wildman–Crippen LogP) is 2.57. The van der Waals surface area contributed by atoms with Crippen LogP contribution in [0.2, 0.25) is 0 Å². The topological polar surface area (TPSA) is 72.2 Å². The molecule has 6 heteroatoms. The van der Waals surface area contributed by atoms with Crippen LogP contribution in [0.3, 0.4) is 0 Å². The third kappa shape index (κ3) is 2.72. The molecule has 2 aromatic rings. The molecule has 1 heterocycles. The molecule has 0 bridgehead atoms. The molecule has 0 aliphatic rings. The summed E-state index contributed by atoms with van der Waals surface area (Å²) >= 11 is 1.18. The van der Waals surface area contributed by atoms with Crippen molar-refractivity contribution in [1.29, 1.82) is 0 Å². The van der Waals surface area contributed by atoms with E-state index in [0.29, 0.717) is 9.90 Å². The Balaban J connectivity index is 2.36. The zero-order chi connectivity index (χ0) is 13.2. The Morgan fingerprint density at radius 3 is 2.56 bits per heavy atom. The van der Waals surface area contributed by atoms with E-state index >= 15 is 0 Å². The lowest BCUT2D eigenvalue weighted by Crippen LogP contribution is -2.15. The number of rotatable bonds is 4. The monoisotopic (exact) mass is 282 g/mol. The van der Waals surface area contributed by atoms with E-state index < -0.39 is 10.0 Å². The smallest absolute Gasteiger partial charge is 0.271 e. The van der Waals surface area contributed by atoms with E-state index in [0.717, 1.165) is 5.56 Å². The van der Waals surface area contributed by atoms with Gasteiger partial charge in [-0.2, -0.15) is 0 Å². The van der Waals surface area contributed by atoms with Crippen molar-refractivity contribution in [1.82, 2.24) is 0 Å². The number of hydrogen-bond acceptors (Lipinski definition) is 4. The summed E-state index contributed by atoms with van der Waals surface area (Å²) in [4.78, 5) is 0. The van der Waals surface area contributed by atoms with Gasteiger partial charge in [-0.05, 0) is 30.0 Å². The number of nitrogens with one attached hydrogen (secondary N) is 1. The minimum atomic E-state index is -3.51. The molecule has 1 aromatic heterocycles. The van der Waals surface area contributed by atoms with Crippen LogP contribution in [0.5, 0.6) is 0 Å². The first-order chi connectivity index (χ1) is 8.50. The normalized spacial score (nSPS) is 13.2. The molecule has 0 radical (unpaired) electrons. The largest absolute Gasteiger partial charge is 0.324 e. The third-order valence-electron chi connectivity index (χ3n) is 2.46. The van der Waals surface area contributed by atoms with Gasteiger partial charge in [0.1, 0.15) is 4.21 Å². The van der Waals surface area contributed by atoms with Crippen LogP contribution in [0.15, 0.2) is 46.0 Å². The molecule has 0 amide bonds. The van der Waals surface area contributed by atoms with Gasteiger partial charge in [0, 0.05) is 6.04 Å². The van der Waals surface area contributed by atoms with E-state index in [2.05, 4.69) is 4.72 Å². The van der Waals surface area contributed by atoms with Gasteiger partial charge in [0.15, 0.2) is 0 Å². The van der Waals surface area contributed by atoms with Crippen molar-refractivity contribution < 1.29 is 8.42 Å². The number of thiophene rings is 1. The molecular formula is C12H14N2O2S2. The summed E-state index contributed by atoms with van der Waals surface area (Å²) in [5.41, 5.74) is 7.12. The van der Waals surface area contributed by atoms with Crippen molar-refractivity contribution in [3.05, 3.63) is 47.3 Å². The second kappa shape index (κ2) is 5.09. The van der Waals surface area contributed by atoms with Crippen molar-refractivity contribution in [2.24, 2.45) is 5.73 Å². The number of nitrogens with two attached hydrogens (primary N) is 1. The Hall–Kier alpha value is -1.37. The Labute approximate surface area is 111 Å². The number of benzene rings is 1. The van der Waals surface area contributed by atoms with E-state index in [1.165, 1.54) is 11.3 Å². The lowest BCUT2D eigenvalue weighted by molar-refractivity contribution is 0.603. The second-order valence-corrected chi connectivity index (χ2v) is 6.77. The summed E-state index contributed by atoms with van der Waals surface area (Å²) < 4.78 is 27.1. The summed E-state index contributed by atoms with van der Waals surface area (Å²) in [6.07, 6.45) is 0. The van der Waals surface area contributed by atoms with Crippen molar-refractivity contribution in [2.75, 3.05) is 4.72 Å². The zero-order valence-corrected chi connectivity index (χ0v) is 11.5. The average Bonchev–Trinajstić information content (AvgIpc) is 2.83. The maximum absolute atomic E-state index is 12.1. The van der Waals surface area contributed by atoms with E-state index in [9.17, 15) is 8.42 Å². The van der Waals surface area contributed by atoms with Gasteiger partial charge in [-0.15, -0.1) is 11.3 Å². The predicted molar refractivity (Wildman–Crippen MR) is 74.2 cm³/mol. The van der Waals surface area contributed by atoms with Crippen molar-refractivity contribution in [3.63, 3.8) is 0 Å². The summed E-state index contributed by atoms with van der Waals surface area (Å²) in [5, 5.41) is 1.73. The SMILES string of the molecule is C[C@@H](N)c1ccccc1NS(=O)(=O)c1cccs1. The van der Waals surface area contributed by atoms with Crippen LogP contribution in [-0.4, -0.2) is 8.42 Å². The van der Waals surface area contributed by atoms with Gasteiger partial charge < -0.3 is 5.73 Å². The maximum atomic E-state index is 12.1. The molecular weight excluding hydrogens is 268 g/mol. The van der Waals surface area contributed by atoms with Crippen molar-refractivity contribution in [2.45, 2.75) is 17.2 Å². The molecule has 0 aliphatic heterocycles. The standard InChI is InChI=1S/C12H14N2O2S2/c1-9(13)10-5-2-3-6-11(10)14-18(15,16)12-7-4-8-17-12/h2-9,14H,13H2,1H3/t9-/m1/s1. The van der Waals surface area contributed by atoms with Gasteiger partial charge >= 0.3 is 0 Å². The Morgan fingerprint density at radius 2 is 1.94 bits per heavy atom. The van der Waals surface area contributed by atoms with Gasteiger partial charge in [-0.3, -0.25) is 4.72 Å². The van der Waals surface area contributed by atoms with Gasteiger partial charge in [0.25, 0.3) is 10.0 Å². The van der Waals surface area contributed by atoms with Crippen LogP contribution in [0, 0.1) is 0 Å². The fourth-order valence-corrected chi connectivity index (χ4v) is 3.68. The molecule has 18 heavy (non-hydrogen) atoms. The molecule has 1 aromatic carbocycles. The number of sulfonamides is 1. The molecule has 0 unspecified atom stereocenters. The highest BCUT2D eigenvalue weighted by Crippen LogP contribution is 2.25. The minimum Gasteiger partial charge on any atom is -0.324 e. The van der Waals surface area contributed by atoms with Gasteiger partial charge in [0.2, 0.25) is 0 Å². The molecule has 0 spiro atoms. The molecule has 3 N–H and O–H groups in total. The summed E-state index contributed by atoms with van der Waals surface area (Å²) in [5.74, 6) is 0. The Bertz CT molecular complexity index is 619. The summed E-state index contributed by atoms with van der Waals surface area (Å²) in [7, 11) is -3.51. The van der Waals surface area contributed by atoms with Crippen LogP contribution < -0.4 is 10.5 Å². The first kappa shape index (κ1) is 13.1. The zero-order valence-electron chi connectivity index (χ0n) is 9.83. The van der Waals surface area contributed by atoms with Gasteiger partial charge in [-0.25, -0.2) is 8.42 Å². The molecule has 0 fully saturated rings. The van der Waals surface area contributed by atoms with Crippen LogP contribution >= 0.6 is 11.3 Å². The third-order valence-corrected chi connectivity index (χ3v) is 5.22. The first-order valence-corrected chi connectivity index (χ1v) is 7.78. The maximum Gasteiger partial charge on any atom is 0.271 e. The first-order valence-electron chi connectivity index (χ1n) is 5.41. The number of hydrogen-bond donors (Lipinski definition) is 2. The molecule has 2 rings (SSSR count). The van der Waals surface area contributed by atoms with Crippen molar-refractivity contribution >= 4 is 27.0 Å². The van der Waals surface area contributed by atoms with Crippen LogP contribution in [-0.2, 0) is 10.0 Å². The molecule has 0 saturated carbocycles. The quantitative estimate of drug-likeness (QED) is 0.905. The molecule has 1 atom stereocenters. The minimum absolute atomic E-state index is 0.229. The summed E-state index contributed by atoms with van der Waals surface area (Å²) in [6, 6.07) is 10.2. The highest BCUT2D eigenvalue weighted by molar-refractivity contribution is 7.94. The fraction of sp³-hybridized carbons (Fsp3) is 0.167. The Kier molecular flexibility index (Phi) is 3.70. The van der Waals surface area contributed by atoms with Crippen LogP contribution in [0.1, 0.15) is 18.5 Å². The van der Waals surface area contributed by atoms with Gasteiger partial charge in [0.05, 0.1) is 5.69 Å². The van der Waals surface area contributed by atoms with Crippen LogP contribution in [0.4, 0.5) is 5.69 Å². The average molecular weight is 282 g/mol. The highest BCUT2D eigenvalue weighted by Gasteiger charge is 2.17. The van der Waals surface area contributed by atoms with Gasteiger partial charge in [-0.1, -0.05) is 24.3 Å². The molecule has 4 nitrogen and oxygen atoms in total. The molecule has 0 saturated heterocycles. The summed E-state index contributed by atoms with van der Waals surface area (Å²) in [6.45, 7) is 1.82. The van der Waals surface area contributed by atoms with E-state index in [4.69, 9.17) is 5.73 Å². The Morgan fingerprint density at radius 1 is 1.22 bits per heavy atom. The molecule has 96 valence electrons.